The van der Waals surface area contributed by atoms with Crippen LogP contribution in [0.3, 0.4) is 0 Å². The van der Waals surface area contributed by atoms with Crippen LogP contribution >= 0.6 is 12.2 Å². The number of thiocarbonyl (C=S) groups is 1. The van der Waals surface area contributed by atoms with Crippen molar-refractivity contribution in [3.8, 4) is 0 Å². The number of amides is 1. The van der Waals surface area contributed by atoms with Gasteiger partial charge in [-0.15, -0.1) is 0 Å². The summed E-state index contributed by atoms with van der Waals surface area (Å²) in [6.07, 6.45) is 2.41. The second kappa shape index (κ2) is 7.26. The zero-order valence-electron chi connectivity index (χ0n) is 14.4. The molecule has 0 atom stereocenters. The van der Waals surface area contributed by atoms with Gasteiger partial charge >= 0.3 is 0 Å². The minimum absolute atomic E-state index is 0.0746. The van der Waals surface area contributed by atoms with Crippen LogP contribution in [0.25, 0.3) is 10.8 Å². The predicted molar refractivity (Wildman–Crippen MR) is 111 cm³/mol. The van der Waals surface area contributed by atoms with Gasteiger partial charge in [0.05, 0.1) is 6.42 Å². The summed E-state index contributed by atoms with van der Waals surface area (Å²) >= 11 is 5.53. The molecule has 1 amide bonds. The maximum absolute atomic E-state index is 12.6. The van der Waals surface area contributed by atoms with Gasteiger partial charge in [0, 0.05) is 12.2 Å². The number of nitrogens with one attached hydrogen (secondary N) is 1. The third-order valence-corrected chi connectivity index (χ3v) is 5.16. The van der Waals surface area contributed by atoms with E-state index in [0.717, 1.165) is 41.4 Å². The van der Waals surface area contributed by atoms with Crippen LogP contribution in [-0.2, 0) is 17.6 Å². The number of hydrogen-bond acceptors (Lipinski definition) is 2. The monoisotopic (exact) mass is 360 g/mol. The SMILES string of the molecule is O=C(Cc1cccc2ccccc12)NC(=S)N1CCCc2ccccc21. The Hall–Kier alpha value is -2.72. The van der Waals surface area contributed by atoms with Crippen LogP contribution in [0.2, 0.25) is 0 Å². The lowest BCUT2D eigenvalue weighted by molar-refractivity contribution is -0.119. The summed E-state index contributed by atoms with van der Waals surface area (Å²) in [5.74, 6) is -0.0746. The molecule has 0 unspecified atom stereocenters. The highest BCUT2D eigenvalue weighted by Gasteiger charge is 2.21. The Bertz CT molecular complexity index is 977. The molecule has 1 aliphatic rings. The first-order chi connectivity index (χ1) is 12.7. The molecule has 0 saturated heterocycles. The molecule has 0 spiro atoms. The molecule has 0 saturated carbocycles. The van der Waals surface area contributed by atoms with Gasteiger partial charge < -0.3 is 10.2 Å². The average Bonchev–Trinajstić information content (AvgIpc) is 2.67. The standard InChI is InChI=1S/C22H20N2OS/c25-21(15-18-10-5-9-16-7-1-3-12-19(16)18)23-22(26)24-14-6-11-17-8-2-4-13-20(17)24/h1-5,7-10,12-13H,6,11,14-15H2,(H,23,25,26). The van der Waals surface area contributed by atoms with E-state index in [2.05, 4.69) is 35.6 Å². The van der Waals surface area contributed by atoms with Crippen molar-refractivity contribution in [3.05, 3.63) is 77.9 Å². The van der Waals surface area contributed by atoms with Gasteiger partial charge in [0.15, 0.2) is 5.11 Å². The lowest BCUT2D eigenvalue weighted by Crippen LogP contribution is -2.45. The number of rotatable bonds is 2. The number of fused-ring (bicyclic) bond motifs is 2. The van der Waals surface area contributed by atoms with Crippen molar-refractivity contribution in [2.75, 3.05) is 11.4 Å². The maximum Gasteiger partial charge on any atom is 0.230 e. The van der Waals surface area contributed by atoms with Gasteiger partial charge in [0.25, 0.3) is 0 Å². The minimum Gasteiger partial charge on any atom is -0.318 e. The summed E-state index contributed by atoms with van der Waals surface area (Å²) in [4.78, 5) is 14.6. The molecular weight excluding hydrogens is 340 g/mol. The summed E-state index contributed by atoms with van der Waals surface area (Å²) in [5.41, 5.74) is 3.40. The highest BCUT2D eigenvalue weighted by atomic mass is 32.1. The summed E-state index contributed by atoms with van der Waals surface area (Å²) in [6, 6.07) is 22.4. The smallest absolute Gasteiger partial charge is 0.230 e. The molecule has 0 aromatic heterocycles. The molecule has 3 aromatic carbocycles. The zero-order chi connectivity index (χ0) is 17.9. The van der Waals surface area contributed by atoms with E-state index in [4.69, 9.17) is 12.2 Å². The fraction of sp³-hybridized carbons (Fsp3) is 0.182. The van der Waals surface area contributed by atoms with E-state index in [1.54, 1.807) is 0 Å². The largest absolute Gasteiger partial charge is 0.318 e. The molecule has 3 nitrogen and oxygen atoms in total. The van der Waals surface area contributed by atoms with Crippen molar-refractivity contribution in [1.82, 2.24) is 5.32 Å². The van der Waals surface area contributed by atoms with Crippen molar-refractivity contribution in [2.45, 2.75) is 19.3 Å². The van der Waals surface area contributed by atoms with Crippen molar-refractivity contribution < 1.29 is 4.79 Å². The van der Waals surface area contributed by atoms with Crippen molar-refractivity contribution in [2.24, 2.45) is 0 Å². The number of benzene rings is 3. The number of anilines is 1. The van der Waals surface area contributed by atoms with Crippen LogP contribution in [0.1, 0.15) is 17.5 Å². The Morgan fingerprint density at radius 3 is 2.69 bits per heavy atom. The fourth-order valence-corrected chi connectivity index (χ4v) is 3.90. The third-order valence-electron chi connectivity index (χ3n) is 4.83. The Kier molecular flexibility index (Phi) is 4.67. The number of aryl methyl sites for hydroxylation is 1. The number of carbonyl (C=O) groups excluding carboxylic acids is 1. The highest BCUT2D eigenvalue weighted by Crippen LogP contribution is 2.26. The topological polar surface area (TPSA) is 32.3 Å². The van der Waals surface area contributed by atoms with Crippen LogP contribution in [-0.4, -0.2) is 17.6 Å². The van der Waals surface area contributed by atoms with E-state index in [0.29, 0.717) is 11.5 Å². The Labute approximate surface area is 158 Å². The van der Waals surface area contributed by atoms with Gasteiger partial charge in [-0.2, -0.15) is 0 Å². The molecule has 1 heterocycles. The third kappa shape index (κ3) is 3.33. The minimum atomic E-state index is -0.0746. The molecule has 4 heteroatoms. The molecule has 1 aliphatic heterocycles. The molecule has 26 heavy (non-hydrogen) atoms. The summed E-state index contributed by atoms with van der Waals surface area (Å²) in [7, 11) is 0. The van der Waals surface area contributed by atoms with E-state index in [1.165, 1.54) is 5.56 Å². The van der Waals surface area contributed by atoms with Crippen LogP contribution in [0.4, 0.5) is 5.69 Å². The second-order valence-corrected chi connectivity index (χ2v) is 6.94. The summed E-state index contributed by atoms with van der Waals surface area (Å²) in [5, 5.41) is 5.66. The predicted octanol–water partition coefficient (Wildman–Crippen LogP) is 4.24. The second-order valence-electron chi connectivity index (χ2n) is 6.55. The van der Waals surface area contributed by atoms with E-state index in [1.807, 2.05) is 41.3 Å². The summed E-state index contributed by atoms with van der Waals surface area (Å²) in [6.45, 7) is 0.838. The normalized spacial score (nSPS) is 13.3. The van der Waals surface area contributed by atoms with Crippen LogP contribution < -0.4 is 10.2 Å². The molecule has 130 valence electrons. The molecule has 1 N–H and O–H groups in total. The van der Waals surface area contributed by atoms with Gasteiger partial charge in [-0.3, -0.25) is 4.79 Å². The van der Waals surface area contributed by atoms with Gasteiger partial charge in [0.1, 0.15) is 0 Å². The number of hydrogen-bond donors (Lipinski definition) is 1. The van der Waals surface area contributed by atoms with E-state index >= 15 is 0 Å². The van der Waals surface area contributed by atoms with Crippen LogP contribution in [0.15, 0.2) is 66.7 Å². The zero-order valence-corrected chi connectivity index (χ0v) is 15.3. The first-order valence-corrected chi connectivity index (χ1v) is 9.29. The van der Waals surface area contributed by atoms with Crippen molar-refractivity contribution in [1.29, 1.82) is 0 Å². The number of nitrogens with zero attached hydrogens (tertiary/aromatic N) is 1. The maximum atomic E-state index is 12.6. The van der Waals surface area contributed by atoms with Gasteiger partial charge in [0.2, 0.25) is 5.91 Å². The molecule has 0 fully saturated rings. The van der Waals surface area contributed by atoms with E-state index in [9.17, 15) is 4.79 Å². The number of carbonyl (C=O) groups is 1. The molecule has 4 rings (SSSR count). The average molecular weight is 360 g/mol. The van der Waals surface area contributed by atoms with E-state index < -0.39 is 0 Å². The molecule has 0 bridgehead atoms. The Balaban J connectivity index is 1.49. The molecule has 0 aliphatic carbocycles. The molecular formula is C22H20N2OS. The molecule has 0 radical (unpaired) electrons. The highest BCUT2D eigenvalue weighted by molar-refractivity contribution is 7.80. The van der Waals surface area contributed by atoms with Crippen molar-refractivity contribution >= 4 is 39.7 Å². The van der Waals surface area contributed by atoms with Gasteiger partial charge in [-0.25, -0.2) is 0 Å². The number of para-hydroxylation sites is 1. The molecule has 3 aromatic rings. The quantitative estimate of drug-likeness (QED) is 0.694. The van der Waals surface area contributed by atoms with Gasteiger partial charge in [-0.1, -0.05) is 60.7 Å². The summed E-state index contributed by atoms with van der Waals surface area (Å²) < 4.78 is 0. The first kappa shape index (κ1) is 16.7. The lowest BCUT2D eigenvalue weighted by Gasteiger charge is -2.31. The Morgan fingerprint density at radius 1 is 1.00 bits per heavy atom. The van der Waals surface area contributed by atoms with Crippen LogP contribution in [0, 0.1) is 0 Å². The first-order valence-electron chi connectivity index (χ1n) is 8.88. The van der Waals surface area contributed by atoms with Crippen molar-refractivity contribution in [3.63, 3.8) is 0 Å². The van der Waals surface area contributed by atoms with E-state index in [-0.39, 0.29) is 5.91 Å². The lowest BCUT2D eigenvalue weighted by atomic mass is 10.0. The van der Waals surface area contributed by atoms with Gasteiger partial charge in [-0.05, 0) is 53.0 Å². The fourth-order valence-electron chi connectivity index (χ4n) is 3.60. The van der Waals surface area contributed by atoms with Crippen LogP contribution in [0.5, 0.6) is 0 Å². The Morgan fingerprint density at radius 2 is 1.77 bits per heavy atom.